The van der Waals surface area contributed by atoms with E-state index in [1.807, 2.05) is 30.3 Å². The zero-order valence-electron chi connectivity index (χ0n) is 12.5. The number of nitrogens with zero attached hydrogens (tertiary/aromatic N) is 3. The van der Waals surface area contributed by atoms with Gasteiger partial charge in [0.25, 0.3) is 0 Å². The highest BCUT2D eigenvalue weighted by molar-refractivity contribution is 5.59. The standard InChI is InChI=1S/C18H15N5/c19-8-14-15-9-23-7-6-13(15)16(12-4-2-1-3-5-12)18(10-20,11-21)17(14)22/h1-5,9,13,16,23H,6-7,22H2. The van der Waals surface area contributed by atoms with Crippen molar-refractivity contribution in [1.29, 1.82) is 15.8 Å². The minimum atomic E-state index is -1.52. The molecule has 2 atom stereocenters. The summed E-state index contributed by atoms with van der Waals surface area (Å²) in [5, 5.41) is 32.3. The molecule has 2 unspecified atom stereocenters. The van der Waals surface area contributed by atoms with Gasteiger partial charge in [0.1, 0.15) is 6.07 Å². The number of nitriles is 3. The van der Waals surface area contributed by atoms with Gasteiger partial charge in [-0.3, -0.25) is 0 Å². The van der Waals surface area contributed by atoms with E-state index in [9.17, 15) is 15.8 Å². The van der Waals surface area contributed by atoms with Crippen molar-refractivity contribution in [2.45, 2.75) is 12.3 Å². The Balaban J connectivity index is 2.33. The second-order valence-corrected chi connectivity index (χ2v) is 5.77. The highest BCUT2D eigenvalue weighted by Gasteiger charge is 2.53. The van der Waals surface area contributed by atoms with Gasteiger partial charge in [-0.05, 0) is 23.5 Å². The first-order chi connectivity index (χ1) is 11.2. The van der Waals surface area contributed by atoms with Crippen LogP contribution in [0.2, 0.25) is 0 Å². The van der Waals surface area contributed by atoms with E-state index >= 15 is 0 Å². The molecule has 3 N–H and O–H groups in total. The Bertz CT molecular complexity index is 800. The maximum absolute atomic E-state index is 9.82. The molecular formula is C18H15N5. The second kappa shape index (κ2) is 5.52. The highest BCUT2D eigenvalue weighted by atomic mass is 14.9. The zero-order chi connectivity index (χ0) is 16.4. The van der Waals surface area contributed by atoms with Gasteiger partial charge >= 0.3 is 0 Å². The van der Waals surface area contributed by atoms with Gasteiger partial charge in [-0.1, -0.05) is 30.3 Å². The predicted molar refractivity (Wildman–Crippen MR) is 83.9 cm³/mol. The summed E-state index contributed by atoms with van der Waals surface area (Å²) < 4.78 is 0. The van der Waals surface area contributed by atoms with Crippen LogP contribution in [0.5, 0.6) is 0 Å². The first kappa shape index (κ1) is 14.7. The molecule has 5 heteroatoms. The van der Waals surface area contributed by atoms with Crippen LogP contribution >= 0.6 is 0 Å². The highest BCUT2D eigenvalue weighted by Crippen LogP contribution is 2.54. The third kappa shape index (κ3) is 1.97. The molecule has 0 radical (unpaired) electrons. The average molecular weight is 301 g/mol. The smallest absolute Gasteiger partial charge is 0.191 e. The summed E-state index contributed by atoms with van der Waals surface area (Å²) in [6.07, 6.45) is 2.54. The van der Waals surface area contributed by atoms with Crippen LogP contribution in [0.3, 0.4) is 0 Å². The topological polar surface area (TPSA) is 109 Å². The van der Waals surface area contributed by atoms with E-state index in [0.717, 1.165) is 24.1 Å². The second-order valence-electron chi connectivity index (χ2n) is 5.77. The van der Waals surface area contributed by atoms with Crippen molar-refractivity contribution in [3.05, 3.63) is 58.9 Å². The number of benzene rings is 1. The molecule has 0 aromatic heterocycles. The van der Waals surface area contributed by atoms with Crippen LogP contribution in [0.4, 0.5) is 0 Å². The first-order valence-corrected chi connectivity index (χ1v) is 7.41. The molecule has 5 nitrogen and oxygen atoms in total. The number of rotatable bonds is 1. The van der Waals surface area contributed by atoms with Crippen molar-refractivity contribution in [1.82, 2.24) is 5.32 Å². The fourth-order valence-corrected chi connectivity index (χ4v) is 3.66. The van der Waals surface area contributed by atoms with E-state index in [4.69, 9.17) is 5.73 Å². The van der Waals surface area contributed by atoms with Gasteiger partial charge < -0.3 is 11.1 Å². The fraction of sp³-hybridized carbons (Fsp3) is 0.278. The predicted octanol–water partition coefficient (Wildman–Crippen LogP) is 2.05. The lowest BCUT2D eigenvalue weighted by Crippen LogP contribution is -2.44. The Hall–Kier alpha value is -3.23. The summed E-state index contributed by atoms with van der Waals surface area (Å²) in [4.78, 5) is 0. The third-order valence-electron chi connectivity index (χ3n) is 4.73. The molecule has 1 aromatic carbocycles. The molecule has 1 aliphatic heterocycles. The van der Waals surface area contributed by atoms with Crippen molar-refractivity contribution in [3.8, 4) is 18.2 Å². The normalized spacial score (nSPS) is 25.0. The minimum absolute atomic E-state index is 0.0602. The third-order valence-corrected chi connectivity index (χ3v) is 4.73. The molecule has 1 heterocycles. The molecule has 1 aromatic rings. The molecule has 1 aliphatic carbocycles. The van der Waals surface area contributed by atoms with Gasteiger partial charge in [-0.25, -0.2) is 0 Å². The number of hydrogen-bond acceptors (Lipinski definition) is 5. The summed E-state index contributed by atoms with van der Waals surface area (Å²) in [5.74, 6) is -0.468. The van der Waals surface area contributed by atoms with Gasteiger partial charge in [-0.2, -0.15) is 15.8 Å². The Kier molecular flexibility index (Phi) is 3.53. The van der Waals surface area contributed by atoms with Crippen molar-refractivity contribution >= 4 is 0 Å². The monoisotopic (exact) mass is 301 g/mol. The SMILES string of the molecule is N#CC1=C(N)C(C#N)(C#N)C(c2ccccc2)C2CCNC=C12. The number of hydrogen-bond donors (Lipinski definition) is 2. The molecule has 0 saturated carbocycles. The summed E-state index contributed by atoms with van der Waals surface area (Å²) >= 11 is 0. The van der Waals surface area contributed by atoms with E-state index in [2.05, 4.69) is 23.5 Å². The average Bonchev–Trinajstić information content (AvgIpc) is 2.61. The first-order valence-electron chi connectivity index (χ1n) is 7.41. The molecule has 3 rings (SSSR count). The maximum Gasteiger partial charge on any atom is 0.191 e. The van der Waals surface area contributed by atoms with Crippen molar-refractivity contribution in [2.75, 3.05) is 6.54 Å². The van der Waals surface area contributed by atoms with Crippen molar-refractivity contribution in [3.63, 3.8) is 0 Å². The Morgan fingerprint density at radius 3 is 2.43 bits per heavy atom. The molecule has 0 bridgehead atoms. The molecule has 23 heavy (non-hydrogen) atoms. The van der Waals surface area contributed by atoms with Crippen molar-refractivity contribution in [2.24, 2.45) is 17.1 Å². The van der Waals surface area contributed by atoms with E-state index in [1.54, 1.807) is 6.20 Å². The minimum Gasteiger partial charge on any atom is -0.399 e. The van der Waals surface area contributed by atoms with E-state index in [0.29, 0.717) is 0 Å². The maximum atomic E-state index is 9.82. The summed E-state index contributed by atoms with van der Waals surface area (Å²) in [7, 11) is 0. The van der Waals surface area contributed by atoms with Crippen LogP contribution < -0.4 is 11.1 Å². The molecule has 112 valence electrons. The molecule has 2 aliphatic rings. The molecule has 0 saturated heterocycles. The summed E-state index contributed by atoms with van der Waals surface area (Å²) in [6, 6.07) is 15.8. The Morgan fingerprint density at radius 1 is 1.13 bits per heavy atom. The number of nitrogens with one attached hydrogen (secondary N) is 1. The van der Waals surface area contributed by atoms with Crippen LogP contribution in [0.1, 0.15) is 17.9 Å². The van der Waals surface area contributed by atoms with Crippen LogP contribution in [-0.4, -0.2) is 6.54 Å². The van der Waals surface area contributed by atoms with Gasteiger partial charge in [0.05, 0.1) is 23.4 Å². The molecule has 0 amide bonds. The molecule has 0 spiro atoms. The lowest BCUT2D eigenvalue weighted by Gasteiger charge is -2.43. The largest absolute Gasteiger partial charge is 0.399 e. The Labute approximate surface area is 134 Å². The van der Waals surface area contributed by atoms with Crippen LogP contribution in [0, 0.1) is 45.3 Å². The van der Waals surface area contributed by atoms with Gasteiger partial charge in [0, 0.05) is 18.7 Å². The van der Waals surface area contributed by atoms with Crippen LogP contribution in [-0.2, 0) is 0 Å². The summed E-state index contributed by atoms with van der Waals surface area (Å²) in [6.45, 7) is 0.739. The molecular weight excluding hydrogens is 286 g/mol. The van der Waals surface area contributed by atoms with Crippen LogP contribution in [0.15, 0.2) is 53.4 Å². The van der Waals surface area contributed by atoms with Gasteiger partial charge in [0.15, 0.2) is 5.41 Å². The lowest BCUT2D eigenvalue weighted by molar-refractivity contribution is 0.320. The number of allylic oxidation sites excluding steroid dienone is 3. The quantitative estimate of drug-likeness (QED) is 0.825. The van der Waals surface area contributed by atoms with Gasteiger partial charge in [0.2, 0.25) is 0 Å². The summed E-state index contributed by atoms with van der Waals surface area (Å²) in [5.41, 5.74) is 6.66. The Morgan fingerprint density at radius 2 is 1.83 bits per heavy atom. The fourth-order valence-electron chi connectivity index (χ4n) is 3.66. The number of fused-ring (bicyclic) bond motifs is 1. The van der Waals surface area contributed by atoms with E-state index in [1.165, 1.54) is 0 Å². The van der Waals surface area contributed by atoms with Gasteiger partial charge in [-0.15, -0.1) is 0 Å². The number of nitrogens with two attached hydrogens (primary N) is 1. The van der Waals surface area contributed by atoms with Crippen LogP contribution in [0.25, 0.3) is 0 Å². The van der Waals surface area contributed by atoms with E-state index < -0.39 is 5.41 Å². The lowest BCUT2D eigenvalue weighted by atomic mass is 9.57. The molecule has 0 fully saturated rings. The zero-order valence-corrected chi connectivity index (χ0v) is 12.5. The van der Waals surface area contributed by atoms with Crippen molar-refractivity contribution < 1.29 is 0 Å². The van der Waals surface area contributed by atoms with E-state index in [-0.39, 0.29) is 23.1 Å².